The molecule has 0 heterocycles. The second-order valence-electron chi connectivity index (χ2n) is 14.8. The van der Waals surface area contributed by atoms with Crippen LogP contribution in [-0.2, 0) is 14.3 Å². The Hall–Kier alpha value is -1.47. The normalized spacial score (nSPS) is 49.6. The van der Waals surface area contributed by atoms with Crippen LogP contribution in [0, 0.1) is 63.2 Å². The van der Waals surface area contributed by atoms with Gasteiger partial charge in [0.05, 0.1) is 13.2 Å². The summed E-state index contributed by atoms with van der Waals surface area (Å²) in [6.45, 7) is 25.3. The Kier molecular flexibility index (Phi) is 6.00. The predicted molar refractivity (Wildman–Crippen MR) is 142 cm³/mol. The van der Waals surface area contributed by atoms with E-state index in [0.29, 0.717) is 23.8 Å². The molecule has 4 heteroatoms. The average molecular weight is 494 g/mol. The van der Waals surface area contributed by atoms with Crippen LogP contribution in [0.15, 0.2) is 11.8 Å². The van der Waals surface area contributed by atoms with E-state index in [4.69, 9.17) is 11.3 Å². The summed E-state index contributed by atoms with van der Waals surface area (Å²) in [5.41, 5.74) is 0.352. The molecular weight excluding hydrogens is 446 g/mol. The number of carbonyl (C=O) groups excluding carboxylic acids is 2. The molecule has 5 aliphatic carbocycles. The molecule has 4 saturated carbocycles. The van der Waals surface area contributed by atoms with Crippen LogP contribution < -0.4 is 0 Å². The van der Waals surface area contributed by atoms with Crippen molar-refractivity contribution in [2.24, 2.45) is 56.7 Å². The Morgan fingerprint density at radius 2 is 1.69 bits per heavy atom. The highest BCUT2D eigenvalue weighted by Gasteiger charge is 2.71. The molecule has 0 spiro atoms. The molecule has 198 valence electrons. The fraction of sp³-hybridized carbons (Fsp3) is 0.844. The highest BCUT2D eigenvalue weighted by atomic mass is 16.5. The van der Waals surface area contributed by atoms with Gasteiger partial charge in [0.25, 0.3) is 0 Å². The number of nitrogens with zero attached hydrogens (tertiary/aromatic N) is 1. The second kappa shape index (κ2) is 8.26. The molecule has 0 radical (unpaired) electrons. The maximum Gasteiger partial charge on any atom is 0.226 e. The standard InChI is InChI=1S/C32H47NO3/c1-9-36-19-32-14-12-28(3,4)17-22(32)26-24(34)16-25-29(5)18-23(33-8)27(35)20(2)21(29)10-11-30(25,6)31(26,7)13-15-32/h18,20-22,25-26H,9-17,19H2,1-7H3/t20-,21-,22-,25+,26-,29-,30+,31+,32+/m0/s1. The van der Waals surface area contributed by atoms with E-state index in [1.807, 2.05) is 13.0 Å². The third-order valence-corrected chi connectivity index (χ3v) is 12.9. The highest BCUT2D eigenvalue weighted by molar-refractivity contribution is 6.00. The molecule has 0 unspecified atom stereocenters. The first kappa shape index (κ1) is 26.1. The molecule has 5 rings (SSSR count). The van der Waals surface area contributed by atoms with Gasteiger partial charge in [0, 0.05) is 24.9 Å². The number of rotatable bonds is 3. The summed E-state index contributed by atoms with van der Waals surface area (Å²) >= 11 is 0. The molecule has 9 atom stereocenters. The van der Waals surface area contributed by atoms with Crippen molar-refractivity contribution in [3.8, 4) is 0 Å². The zero-order valence-corrected chi connectivity index (χ0v) is 23.7. The first-order chi connectivity index (χ1) is 16.8. The van der Waals surface area contributed by atoms with Crippen molar-refractivity contribution < 1.29 is 14.3 Å². The third-order valence-electron chi connectivity index (χ3n) is 12.9. The van der Waals surface area contributed by atoms with Crippen LogP contribution >= 0.6 is 0 Å². The van der Waals surface area contributed by atoms with E-state index >= 15 is 0 Å². The van der Waals surface area contributed by atoms with Crippen LogP contribution in [0.4, 0.5) is 0 Å². The van der Waals surface area contributed by atoms with E-state index in [1.54, 1.807) is 0 Å². The Bertz CT molecular complexity index is 1040. The first-order valence-corrected chi connectivity index (χ1v) is 14.5. The molecule has 4 nitrogen and oxygen atoms in total. The van der Waals surface area contributed by atoms with Crippen molar-refractivity contribution in [3.05, 3.63) is 23.2 Å². The number of allylic oxidation sites excluding steroid dienone is 2. The van der Waals surface area contributed by atoms with Gasteiger partial charge < -0.3 is 9.53 Å². The van der Waals surface area contributed by atoms with Crippen molar-refractivity contribution in [3.63, 3.8) is 0 Å². The van der Waals surface area contributed by atoms with E-state index in [1.165, 1.54) is 12.8 Å². The SMILES string of the molecule is [C-]#[N+]C1=C[C@]2(C)[C@H]3CC(=O)[C@@H]4[C@@H]5CC(C)(C)CC[C@]5(COCC)CC[C@@]4(C)[C@]3(C)CC[C@H]2[C@H](C)C1=O. The number of carbonyl (C=O) groups is 2. The largest absolute Gasteiger partial charge is 0.381 e. The van der Waals surface area contributed by atoms with Crippen molar-refractivity contribution in [2.45, 2.75) is 99.8 Å². The molecule has 0 aromatic heterocycles. The van der Waals surface area contributed by atoms with Gasteiger partial charge in [-0.25, -0.2) is 4.85 Å². The van der Waals surface area contributed by atoms with Crippen LogP contribution in [0.1, 0.15) is 99.8 Å². The second-order valence-corrected chi connectivity index (χ2v) is 14.8. The van der Waals surface area contributed by atoms with Gasteiger partial charge in [-0.1, -0.05) is 47.6 Å². The molecule has 0 bridgehead atoms. The molecule has 0 N–H and O–H groups in total. The highest BCUT2D eigenvalue weighted by Crippen LogP contribution is 2.75. The molecule has 4 fully saturated rings. The van der Waals surface area contributed by atoms with Gasteiger partial charge in [0.1, 0.15) is 5.78 Å². The zero-order valence-electron chi connectivity index (χ0n) is 23.7. The van der Waals surface area contributed by atoms with Crippen LogP contribution in [0.5, 0.6) is 0 Å². The fourth-order valence-electron chi connectivity index (χ4n) is 10.6. The van der Waals surface area contributed by atoms with Gasteiger partial charge >= 0.3 is 0 Å². The van der Waals surface area contributed by atoms with E-state index in [-0.39, 0.29) is 56.5 Å². The minimum atomic E-state index is -0.282. The molecule has 0 aromatic rings. The average Bonchev–Trinajstić information content (AvgIpc) is 2.82. The lowest BCUT2D eigenvalue weighted by Crippen LogP contribution is -2.68. The molecule has 36 heavy (non-hydrogen) atoms. The summed E-state index contributed by atoms with van der Waals surface area (Å²) in [4.78, 5) is 31.0. The number of Topliss-reactive ketones (excluding diaryl/α,β-unsaturated/α-hetero) is 2. The number of ketones is 2. The maximum atomic E-state index is 14.4. The summed E-state index contributed by atoms with van der Waals surface area (Å²) in [5, 5.41) is 0. The van der Waals surface area contributed by atoms with Gasteiger partial charge in [0.15, 0.2) is 5.78 Å². The molecule has 0 aliphatic heterocycles. The Morgan fingerprint density at radius 1 is 1.00 bits per heavy atom. The van der Waals surface area contributed by atoms with E-state index in [9.17, 15) is 9.59 Å². The van der Waals surface area contributed by atoms with Crippen LogP contribution in [0.25, 0.3) is 4.85 Å². The number of hydrogen-bond acceptors (Lipinski definition) is 3. The lowest BCUT2D eigenvalue weighted by Gasteiger charge is -2.71. The lowest BCUT2D eigenvalue weighted by atomic mass is 9.32. The topological polar surface area (TPSA) is 47.7 Å². The van der Waals surface area contributed by atoms with E-state index in [2.05, 4.69) is 46.4 Å². The Labute approximate surface area is 218 Å². The van der Waals surface area contributed by atoms with Gasteiger partial charge in [-0.15, -0.1) is 0 Å². The summed E-state index contributed by atoms with van der Waals surface area (Å²) in [6, 6.07) is 0. The monoisotopic (exact) mass is 493 g/mol. The summed E-state index contributed by atoms with van der Waals surface area (Å²) in [5.74, 6) is 1.18. The van der Waals surface area contributed by atoms with E-state index in [0.717, 1.165) is 45.3 Å². The molecule has 5 aliphatic rings. The Morgan fingerprint density at radius 3 is 2.36 bits per heavy atom. The third kappa shape index (κ3) is 3.33. The van der Waals surface area contributed by atoms with Crippen molar-refractivity contribution >= 4 is 11.6 Å². The number of ether oxygens (including phenoxy) is 1. The predicted octanol–water partition coefficient (Wildman–Crippen LogP) is 7.29. The van der Waals surface area contributed by atoms with Gasteiger partial charge in [0.2, 0.25) is 5.70 Å². The summed E-state index contributed by atoms with van der Waals surface area (Å²) < 4.78 is 6.13. The van der Waals surface area contributed by atoms with Crippen molar-refractivity contribution in [2.75, 3.05) is 13.2 Å². The van der Waals surface area contributed by atoms with Crippen molar-refractivity contribution in [1.82, 2.24) is 0 Å². The Balaban J connectivity index is 1.60. The molecule has 0 aromatic carbocycles. The minimum Gasteiger partial charge on any atom is -0.381 e. The molecular formula is C32H47NO3. The quantitative estimate of drug-likeness (QED) is 0.388. The summed E-state index contributed by atoms with van der Waals surface area (Å²) in [6.07, 6.45) is 10.4. The van der Waals surface area contributed by atoms with Crippen LogP contribution in [0.2, 0.25) is 0 Å². The van der Waals surface area contributed by atoms with Gasteiger partial charge in [-0.05, 0) is 96.7 Å². The van der Waals surface area contributed by atoms with Gasteiger partial charge in [-0.3, -0.25) is 4.79 Å². The number of hydrogen-bond donors (Lipinski definition) is 0. The minimum absolute atomic E-state index is 0.00473. The summed E-state index contributed by atoms with van der Waals surface area (Å²) in [7, 11) is 0. The number of fused-ring (bicyclic) bond motifs is 7. The fourth-order valence-corrected chi connectivity index (χ4v) is 10.6. The maximum absolute atomic E-state index is 14.4. The van der Waals surface area contributed by atoms with Gasteiger partial charge in [-0.2, -0.15) is 0 Å². The van der Waals surface area contributed by atoms with E-state index < -0.39 is 0 Å². The molecule has 0 amide bonds. The first-order valence-electron chi connectivity index (χ1n) is 14.5. The zero-order chi connectivity index (χ0) is 26.3. The molecule has 0 saturated heterocycles. The lowest BCUT2D eigenvalue weighted by molar-refractivity contribution is -0.225. The van der Waals surface area contributed by atoms with Crippen molar-refractivity contribution in [1.29, 1.82) is 0 Å². The smallest absolute Gasteiger partial charge is 0.226 e. The van der Waals surface area contributed by atoms with Crippen LogP contribution in [-0.4, -0.2) is 24.8 Å². The van der Waals surface area contributed by atoms with Crippen LogP contribution in [0.3, 0.4) is 0 Å².